The zero-order chi connectivity index (χ0) is 18.9. The van der Waals surface area contributed by atoms with Crippen LogP contribution in [0.4, 0.5) is 0 Å². The normalized spacial score (nSPS) is 25.4. The summed E-state index contributed by atoms with van der Waals surface area (Å²) in [5.74, 6) is -0.779. The van der Waals surface area contributed by atoms with Crippen LogP contribution in [0.25, 0.3) is 0 Å². The molecule has 1 saturated carbocycles. The van der Waals surface area contributed by atoms with Crippen LogP contribution in [0, 0.1) is 16.7 Å². The number of benzene rings is 1. The van der Waals surface area contributed by atoms with E-state index in [1.54, 1.807) is 0 Å². The number of rotatable bonds is 4. The second kappa shape index (κ2) is 6.81. The van der Waals surface area contributed by atoms with Crippen LogP contribution < -0.4 is 0 Å². The minimum atomic E-state index is -0.698. The van der Waals surface area contributed by atoms with Gasteiger partial charge in [-0.2, -0.15) is 0 Å². The number of carbonyl (C=O) groups is 2. The summed E-state index contributed by atoms with van der Waals surface area (Å²) in [4.78, 5) is 25.4. The Labute approximate surface area is 150 Å². The summed E-state index contributed by atoms with van der Waals surface area (Å²) in [7, 11) is 0. The minimum absolute atomic E-state index is 0.233. The molecule has 1 aromatic carbocycles. The molecular formula is C21H30O4. The molecule has 2 atom stereocenters. The predicted molar refractivity (Wildman–Crippen MR) is 96.7 cm³/mol. The molecule has 0 spiro atoms. The Balaban J connectivity index is 2.08. The fourth-order valence-corrected chi connectivity index (χ4v) is 3.50. The van der Waals surface area contributed by atoms with Gasteiger partial charge in [0.05, 0.1) is 11.3 Å². The molecule has 138 valence electrons. The molecular weight excluding hydrogens is 316 g/mol. The van der Waals surface area contributed by atoms with Crippen LogP contribution in [-0.4, -0.2) is 17.5 Å². The Hall–Kier alpha value is -1.84. The zero-order valence-corrected chi connectivity index (χ0v) is 16.2. The maximum absolute atomic E-state index is 12.8. The van der Waals surface area contributed by atoms with E-state index in [1.807, 2.05) is 71.9 Å². The number of carbonyl (C=O) groups excluding carboxylic acids is 2. The maximum atomic E-state index is 12.8. The van der Waals surface area contributed by atoms with Crippen molar-refractivity contribution in [3.8, 4) is 0 Å². The predicted octanol–water partition coefficient (Wildman–Crippen LogP) is 4.51. The van der Waals surface area contributed by atoms with Crippen molar-refractivity contribution in [2.45, 2.75) is 66.6 Å². The van der Waals surface area contributed by atoms with Crippen molar-refractivity contribution in [3.63, 3.8) is 0 Å². The first kappa shape index (κ1) is 19.5. The highest BCUT2D eigenvalue weighted by atomic mass is 16.6. The molecule has 4 nitrogen and oxygen atoms in total. The van der Waals surface area contributed by atoms with Crippen molar-refractivity contribution in [3.05, 3.63) is 35.9 Å². The van der Waals surface area contributed by atoms with Gasteiger partial charge in [-0.25, -0.2) is 0 Å². The molecule has 0 aromatic heterocycles. The van der Waals surface area contributed by atoms with Gasteiger partial charge in [-0.3, -0.25) is 9.59 Å². The van der Waals surface area contributed by atoms with Crippen LogP contribution in [0.15, 0.2) is 30.3 Å². The lowest BCUT2D eigenvalue weighted by atomic mass is 9.65. The van der Waals surface area contributed by atoms with Crippen molar-refractivity contribution in [1.29, 1.82) is 0 Å². The van der Waals surface area contributed by atoms with Gasteiger partial charge in [-0.15, -0.1) is 0 Å². The molecule has 4 heteroatoms. The smallest absolute Gasteiger partial charge is 0.312 e. The minimum Gasteiger partial charge on any atom is -0.461 e. The monoisotopic (exact) mass is 346 g/mol. The Morgan fingerprint density at radius 2 is 1.72 bits per heavy atom. The lowest BCUT2D eigenvalue weighted by Gasteiger charge is -2.40. The molecule has 0 radical (unpaired) electrons. The summed E-state index contributed by atoms with van der Waals surface area (Å²) in [6.45, 7) is 11.7. The highest BCUT2D eigenvalue weighted by Gasteiger charge is 2.59. The number of ether oxygens (including phenoxy) is 2. The van der Waals surface area contributed by atoms with Crippen LogP contribution >= 0.6 is 0 Å². The average molecular weight is 346 g/mol. The topological polar surface area (TPSA) is 52.6 Å². The molecule has 1 aliphatic rings. The lowest BCUT2D eigenvalue weighted by molar-refractivity contribution is -0.175. The summed E-state index contributed by atoms with van der Waals surface area (Å²) < 4.78 is 11.2. The van der Waals surface area contributed by atoms with Crippen LogP contribution in [0.5, 0.6) is 0 Å². The summed E-state index contributed by atoms with van der Waals surface area (Å²) in [6, 6.07) is 9.62. The summed E-state index contributed by atoms with van der Waals surface area (Å²) in [5.41, 5.74) is -0.802. The van der Waals surface area contributed by atoms with Crippen molar-refractivity contribution in [2.24, 2.45) is 16.7 Å². The van der Waals surface area contributed by atoms with Gasteiger partial charge in [0.1, 0.15) is 12.2 Å². The van der Waals surface area contributed by atoms with Crippen molar-refractivity contribution in [2.75, 3.05) is 0 Å². The second-order valence-corrected chi connectivity index (χ2v) is 8.74. The van der Waals surface area contributed by atoms with E-state index in [9.17, 15) is 9.59 Å². The summed E-state index contributed by atoms with van der Waals surface area (Å²) >= 11 is 0. The van der Waals surface area contributed by atoms with Crippen LogP contribution in [-0.2, 0) is 25.7 Å². The third kappa shape index (κ3) is 4.05. The fraction of sp³-hybridized carbons (Fsp3) is 0.619. The first-order chi connectivity index (χ1) is 11.5. The Morgan fingerprint density at radius 3 is 2.28 bits per heavy atom. The molecule has 0 amide bonds. The van der Waals surface area contributed by atoms with Gasteiger partial charge in [0.15, 0.2) is 0 Å². The number of hydrogen-bond donors (Lipinski definition) is 0. The van der Waals surface area contributed by atoms with Gasteiger partial charge < -0.3 is 9.47 Å². The Kier molecular flexibility index (Phi) is 5.31. The first-order valence-electron chi connectivity index (χ1n) is 8.91. The Morgan fingerprint density at radius 1 is 1.12 bits per heavy atom. The fourth-order valence-electron chi connectivity index (χ4n) is 3.50. The van der Waals surface area contributed by atoms with Gasteiger partial charge in [-0.1, -0.05) is 44.2 Å². The zero-order valence-electron chi connectivity index (χ0n) is 16.2. The molecule has 2 rings (SSSR count). The van der Waals surface area contributed by atoms with E-state index in [4.69, 9.17) is 9.47 Å². The molecule has 25 heavy (non-hydrogen) atoms. The molecule has 0 N–H and O–H groups in total. The van der Waals surface area contributed by atoms with E-state index in [-0.39, 0.29) is 24.5 Å². The first-order valence-corrected chi connectivity index (χ1v) is 8.91. The molecule has 1 aromatic rings. The average Bonchev–Trinajstić information content (AvgIpc) is 2.76. The second-order valence-electron chi connectivity index (χ2n) is 8.74. The van der Waals surface area contributed by atoms with Crippen LogP contribution in [0.3, 0.4) is 0 Å². The molecule has 0 saturated heterocycles. The van der Waals surface area contributed by atoms with E-state index in [0.29, 0.717) is 12.8 Å². The maximum Gasteiger partial charge on any atom is 0.312 e. The van der Waals surface area contributed by atoms with Gasteiger partial charge in [-0.05, 0) is 51.5 Å². The molecule has 0 aliphatic heterocycles. The molecule has 0 heterocycles. The van der Waals surface area contributed by atoms with E-state index < -0.39 is 16.4 Å². The van der Waals surface area contributed by atoms with Gasteiger partial charge in [0.2, 0.25) is 0 Å². The summed E-state index contributed by atoms with van der Waals surface area (Å²) in [5, 5.41) is 0. The molecule has 0 unspecified atom stereocenters. The number of hydrogen-bond acceptors (Lipinski definition) is 4. The van der Waals surface area contributed by atoms with E-state index in [2.05, 4.69) is 0 Å². The lowest BCUT2D eigenvalue weighted by Crippen LogP contribution is -2.45. The Bertz CT molecular complexity index is 627. The summed E-state index contributed by atoms with van der Waals surface area (Å²) in [6.07, 6.45) is 1.26. The molecule has 0 bridgehead atoms. The molecule has 1 aliphatic carbocycles. The number of esters is 2. The van der Waals surface area contributed by atoms with Crippen LogP contribution in [0.1, 0.15) is 59.9 Å². The highest BCUT2D eigenvalue weighted by Crippen LogP contribution is 2.57. The van der Waals surface area contributed by atoms with E-state index in [1.165, 1.54) is 0 Å². The largest absolute Gasteiger partial charge is 0.461 e. The van der Waals surface area contributed by atoms with Crippen molar-refractivity contribution >= 4 is 11.9 Å². The van der Waals surface area contributed by atoms with Crippen LogP contribution in [0.2, 0.25) is 0 Å². The molecule has 1 fully saturated rings. The van der Waals surface area contributed by atoms with E-state index in [0.717, 1.165) is 5.56 Å². The van der Waals surface area contributed by atoms with Gasteiger partial charge >= 0.3 is 11.9 Å². The standard InChI is InChI=1S/C21H30O4/c1-19(2,3)25-18(23)21(6)13-12-16(20(21,4)5)17(22)24-14-15-10-8-7-9-11-15/h7-11,16H,12-14H2,1-6H3/t16-,21+/m0/s1. The van der Waals surface area contributed by atoms with Gasteiger partial charge in [0, 0.05) is 0 Å². The van der Waals surface area contributed by atoms with Gasteiger partial charge in [0.25, 0.3) is 0 Å². The van der Waals surface area contributed by atoms with Crippen molar-refractivity contribution < 1.29 is 19.1 Å². The van der Waals surface area contributed by atoms with E-state index >= 15 is 0 Å². The third-order valence-corrected chi connectivity index (χ3v) is 5.58. The highest BCUT2D eigenvalue weighted by molar-refractivity contribution is 5.82. The third-order valence-electron chi connectivity index (χ3n) is 5.58. The SMILES string of the molecule is CC(C)(C)OC(=O)[C@@]1(C)CC[C@@H](C(=O)OCc2ccccc2)C1(C)C. The quantitative estimate of drug-likeness (QED) is 0.753. The van der Waals surface area contributed by atoms with Crippen molar-refractivity contribution in [1.82, 2.24) is 0 Å².